The number of thioether (sulfide) groups is 1. The zero-order chi connectivity index (χ0) is 14.8. The summed E-state index contributed by atoms with van der Waals surface area (Å²) in [5.41, 5.74) is -3.60. The largest absolute Gasteiger partial charge is 0.442 e. The van der Waals surface area contributed by atoms with Gasteiger partial charge in [-0.3, -0.25) is 9.59 Å². The lowest BCUT2D eigenvalue weighted by atomic mass is 10.2. The third-order valence-corrected chi connectivity index (χ3v) is 3.41. The van der Waals surface area contributed by atoms with Crippen LogP contribution in [-0.2, 0) is 9.59 Å². The molecule has 108 valence electrons. The first-order chi connectivity index (χ1) is 9.37. The van der Waals surface area contributed by atoms with E-state index in [4.69, 9.17) is 0 Å². The number of nitrogens with one attached hydrogen (secondary N) is 1. The van der Waals surface area contributed by atoms with Crippen LogP contribution in [0.25, 0.3) is 0 Å². The van der Waals surface area contributed by atoms with Crippen LogP contribution in [0.3, 0.4) is 0 Å². The fourth-order valence-electron chi connectivity index (χ4n) is 1.84. The van der Waals surface area contributed by atoms with Crippen molar-refractivity contribution in [2.24, 2.45) is 0 Å². The molecular weight excluding hydrogens is 293 g/mol. The quantitative estimate of drug-likeness (QED) is 0.913. The fraction of sp³-hybridized carbons (Fsp3) is 0.333. The molecule has 0 aliphatic carbocycles. The number of para-hydroxylation sites is 2. The first-order valence-corrected chi connectivity index (χ1v) is 6.75. The lowest BCUT2D eigenvalue weighted by molar-refractivity contribution is -0.116. The molecule has 0 saturated carbocycles. The Bertz CT molecular complexity index is 534. The second-order valence-electron chi connectivity index (χ2n) is 4.10. The summed E-state index contributed by atoms with van der Waals surface area (Å²) in [4.78, 5) is 24.6. The van der Waals surface area contributed by atoms with Gasteiger partial charge in [-0.1, -0.05) is 12.1 Å². The maximum atomic E-state index is 12.1. The number of carbonyl (C=O) groups is 2. The standard InChI is InChI=1S/C12H11F3N2O2S/c13-12(14,15)20-7-11(19)17-6-5-10(18)16-8-3-1-2-4-9(8)17/h1-4H,5-7H2,(H,16,18). The van der Waals surface area contributed by atoms with Crippen LogP contribution in [0.15, 0.2) is 24.3 Å². The predicted octanol–water partition coefficient (Wildman–Crippen LogP) is 2.61. The van der Waals surface area contributed by atoms with E-state index < -0.39 is 17.2 Å². The topological polar surface area (TPSA) is 49.4 Å². The molecule has 0 spiro atoms. The smallest absolute Gasteiger partial charge is 0.324 e. The Kier molecular flexibility index (Phi) is 4.22. The maximum Gasteiger partial charge on any atom is 0.442 e. The van der Waals surface area contributed by atoms with Crippen molar-refractivity contribution < 1.29 is 22.8 Å². The molecule has 1 aliphatic rings. The van der Waals surface area contributed by atoms with Crippen LogP contribution in [-0.4, -0.2) is 29.6 Å². The number of benzene rings is 1. The summed E-state index contributed by atoms with van der Waals surface area (Å²) in [6.07, 6.45) is 0.0527. The van der Waals surface area contributed by atoms with E-state index in [-0.39, 0.29) is 30.6 Å². The summed E-state index contributed by atoms with van der Waals surface area (Å²) < 4.78 is 36.4. The van der Waals surface area contributed by atoms with Crippen LogP contribution >= 0.6 is 11.8 Å². The highest BCUT2D eigenvalue weighted by molar-refractivity contribution is 8.00. The number of alkyl halides is 3. The second kappa shape index (κ2) is 5.74. The zero-order valence-electron chi connectivity index (χ0n) is 10.2. The molecule has 0 saturated heterocycles. The molecule has 0 aromatic heterocycles. The van der Waals surface area contributed by atoms with Crippen molar-refractivity contribution >= 4 is 35.0 Å². The van der Waals surface area contributed by atoms with E-state index in [0.29, 0.717) is 11.4 Å². The highest BCUT2D eigenvalue weighted by Crippen LogP contribution is 2.32. The van der Waals surface area contributed by atoms with Crippen LogP contribution in [0.1, 0.15) is 6.42 Å². The fourth-order valence-corrected chi connectivity index (χ4v) is 2.28. The molecule has 1 heterocycles. The molecule has 8 heteroatoms. The van der Waals surface area contributed by atoms with Crippen LogP contribution < -0.4 is 10.2 Å². The Hall–Kier alpha value is -1.70. The van der Waals surface area contributed by atoms with E-state index >= 15 is 0 Å². The highest BCUT2D eigenvalue weighted by atomic mass is 32.2. The minimum absolute atomic E-state index is 0.0527. The number of nitrogens with zero attached hydrogens (tertiary/aromatic N) is 1. The molecular formula is C12H11F3N2O2S. The van der Waals surface area contributed by atoms with Gasteiger partial charge in [0.2, 0.25) is 11.8 Å². The lowest BCUT2D eigenvalue weighted by Crippen LogP contribution is -2.34. The van der Waals surface area contributed by atoms with Crippen molar-refractivity contribution in [2.45, 2.75) is 11.9 Å². The first-order valence-electron chi connectivity index (χ1n) is 5.77. The third kappa shape index (κ3) is 3.66. The van der Waals surface area contributed by atoms with E-state index in [1.54, 1.807) is 24.3 Å². The monoisotopic (exact) mass is 304 g/mol. The third-order valence-electron chi connectivity index (χ3n) is 2.69. The number of hydrogen-bond acceptors (Lipinski definition) is 3. The average molecular weight is 304 g/mol. The van der Waals surface area contributed by atoms with Crippen molar-refractivity contribution in [3.63, 3.8) is 0 Å². The molecule has 0 fully saturated rings. The minimum atomic E-state index is -4.45. The molecule has 20 heavy (non-hydrogen) atoms. The molecule has 2 rings (SSSR count). The summed E-state index contributed by atoms with van der Waals surface area (Å²) in [7, 11) is 0. The molecule has 0 atom stereocenters. The van der Waals surface area contributed by atoms with Gasteiger partial charge in [0.15, 0.2) is 0 Å². The van der Waals surface area contributed by atoms with Crippen molar-refractivity contribution in [3.05, 3.63) is 24.3 Å². The average Bonchev–Trinajstić information content (AvgIpc) is 2.53. The van der Waals surface area contributed by atoms with E-state index in [9.17, 15) is 22.8 Å². The Balaban J connectivity index is 2.19. The van der Waals surface area contributed by atoms with Gasteiger partial charge < -0.3 is 10.2 Å². The summed E-state index contributed by atoms with van der Waals surface area (Å²) in [6.45, 7) is 0.0695. The van der Waals surface area contributed by atoms with Gasteiger partial charge in [0.05, 0.1) is 17.1 Å². The molecule has 1 aromatic carbocycles. The van der Waals surface area contributed by atoms with Gasteiger partial charge in [-0.2, -0.15) is 13.2 Å². The molecule has 4 nitrogen and oxygen atoms in total. The Labute approximate surface area is 117 Å². The van der Waals surface area contributed by atoms with E-state index in [2.05, 4.69) is 5.32 Å². The molecule has 2 amide bonds. The number of hydrogen-bond donors (Lipinski definition) is 1. The molecule has 1 N–H and O–H groups in total. The van der Waals surface area contributed by atoms with Crippen molar-refractivity contribution in [1.82, 2.24) is 0 Å². The number of amides is 2. The van der Waals surface area contributed by atoms with Gasteiger partial charge in [-0.05, 0) is 23.9 Å². The van der Waals surface area contributed by atoms with E-state index in [1.807, 2.05) is 0 Å². The van der Waals surface area contributed by atoms with Gasteiger partial charge >= 0.3 is 5.51 Å². The Morgan fingerprint density at radius 2 is 2.05 bits per heavy atom. The maximum absolute atomic E-state index is 12.1. The van der Waals surface area contributed by atoms with Crippen molar-refractivity contribution in [1.29, 1.82) is 0 Å². The number of carbonyl (C=O) groups excluding carboxylic acids is 2. The van der Waals surface area contributed by atoms with Crippen LogP contribution in [0.2, 0.25) is 0 Å². The molecule has 1 aromatic rings. The predicted molar refractivity (Wildman–Crippen MR) is 70.6 cm³/mol. The van der Waals surface area contributed by atoms with Gasteiger partial charge in [0.1, 0.15) is 0 Å². The number of rotatable bonds is 2. The van der Waals surface area contributed by atoms with Crippen molar-refractivity contribution in [3.8, 4) is 0 Å². The minimum Gasteiger partial charge on any atom is -0.324 e. The highest BCUT2D eigenvalue weighted by Gasteiger charge is 2.31. The van der Waals surface area contributed by atoms with Crippen LogP contribution in [0, 0.1) is 0 Å². The van der Waals surface area contributed by atoms with Gasteiger partial charge in [-0.15, -0.1) is 0 Å². The SMILES string of the molecule is O=C1CCN(C(=O)CSC(F)(F)F)c2ccccc2N1. The summed E-state index contributed by atoms with van der Waals surface area (Å²) >= 11 is -0.379. The normalized spacial score (nSPS) is 15.3. The Morgan fingerprint density at radius 3 is 2.75 bits per heavy atom. The van der Waals surface area contributed by atoms with E-state index in [1.165, 1.54) is 4.90 Å². The van der Waals surface area contributed by atoms with Gasteiger partial charge in [0.25, 0.3) is 0 Å². The van der Waals surface area contributed by atoms with Gasteiger partial charge in [-0.25, -0.2) is 0 Å². The first kappa shape index (κ1) is 14.7. The van der Waals surface area contributed by atoms with Gasteiger partial charge in [0, 0.05) is 13.0 Å². The second-order valence-corrected chi connectivity index (χ2v) is 5.14. The Morgan fingerprint density at radius 1 is 1.35 bits per heavy atom. The van der Waals surface area contributed by atoms with E-state index in [0.717, 1.165) is 0 Å². The molecule has 0 radical (unpaired) electrons. The van der Waals surface area contributed by atoms with Crippen molar-refractivity contribution in [2.75, 3.05) is 22.5 Å². The number of fused-ring (bicyclic) bond motifs is 1. The molecule has 0 unspecified atom stereocenters. The summed E-state index contributed by atoms with van der Waals surface area (Å²) in [5.74, 6) is -1.64. The summed E-state index contributed by atoms with van der Waals surface area (Å²) in [5, 5.41) is 2.62. The molecule has 0 bridgehead atoms. The number of anilines is 2. The molecule has 1 aliphatic heterocycles. The lowest BCUT2D eigenvalue weighted by Gasteiger charge is -2.22. The number of halogens is 3. The summed E-state index contributed by atoms with van der Waals surface area (Å²) in [6, 6.07) is 6.54. The zero-order valence-corrected chi connectivity index (χ0v) is 11.1. The van der Waals surface area contributed by atoms with Crippen LogP contribution in [0.4, 0.5) is 24.5 Å². The van der Waals surface area contributed by atoms with Crippen LogP contribution in [0.5, 0.6) is 0 Å².